The van der Waals surface area contributed by atoms with Crippen LogP contribution in [0.2, 0.25) is 5.02 Å². The zero-order chi connectivity index (χ0) is 11.5. The van der Waals surface area contributed by atoms with Crippen molar-refractivity contribution in [2.24, 2.45) is 0 Å². The van der Waals surface area contributed by atoms with E-state index in [4.69, 9.17) is 11.6 Å². The van der Waals surface area contributed by atoms with Crippen molar-refractivity contribution in [2.45, 2.75) is 19.6 Å². The van der Waals surface area contributed by atoms with E-state index in [2.05, 4.69) is 10.1 Å². The van der Waals surface area contributed by atoms with Gasteiger partial charge in [0, 0.05) is 36.3 Å². The molecule has 2 rings (SSSR count). The van der Waals surface area contributed by atoms with Crippen LogP contribution in [0.5, 0.6) is 0 Å². The van der Waals surface area contributed by atoms with Crippen LogP contribution in [-0.4, -0.2) is 19.9 Å². The maximum atomic E-state index is 10.1. The van der Waals surface area contributed by atoms with Crippen LogP contribution in [-0.2, 0) is 6.54 Å². The first-order valence-corrected chi connectivity index (χ1v) is 5.40. The lowest BCUT2D eigenvalue weighted by Crippen LogP contribution is -2.00. The number of nitrogens with zero attached hydrogens (tertiary/aromatic N) is 3. The maximum Gasteiger partial charge on any atom is 0.109 e. The summed E-state index contributed by atoms with van der Waals surface area (Å²) in [5.41, 5.74) is 1.38. The first-order valence-electron chi connectivity index (χ1n) is 5.02. The van der Waals surface area contributed by atoms with Crippen LogP contribution < -0.4 is 0 Å². The number of hydrogen-bond acceptors (Lipinski definition) is 3. The summed E-state index contributed by atoms with van der Waals surface area (Å²) in [5, 5.41) is 14.7. The van der Waals surface area contributed by atoms with Crippen LogP contribution in [0, 0.1) is 0 Å². The van der Waals surface area contributed by atoms with Gasteiger partial charge in [-0.3, -0.25) is 9.67 Å². The molecule has 0 aromatic carbocycles. The van der Waals surface area contributed by atoms with E-state index < -0.39 is 6.10 Å². The Bertz CT molecular complexity index is 484. The minimum absolute atomic E-state index is 0.458. The monoisotopic (exact) mass is 237 g/mol. The molecular formula is C11H12ClN3O. The summed E-state index contributed by atoms with van der Waals surface area (Å²) < 4.78 is 1.76. The summed E-state index contributed by atoms with van der Waals surface area (Å²) in [4.78, 5) is 3.88. The van der Waals surface area contributed by atoms with Crippen molar-refractivity contribution in [3.63, 3.8) is 0 Å². The number of pyridine rings is 1. The maximum absolute atomic E-state index is 10.1. The molecule has 4 nitrogen and oxygen atoms in total. The summed E-state index contributed by atoms with van der Waals surface area (Å²) in [6.07, 6.45) is 5.82. The normalized spacial score (nSPS) is 12.7. The molecule has 1 unspecified atom stereocenters. The van der Waals surface area contributed by atoms with Crippen molar-refractivity contribution in [1.82, 2.24) is 14.8 Å². The number of aliphatic hydroxyl groups excluding tert-OH is 1. The number of rotatable bonds is 3. The molecule has 2 heterocycles. The van der Waals surface area contributed by atoms with Gasteiger partial charge >= 0.3 is 0 Å². The van der Waals surface area contributed by atoms with Gasteiger partial charge in [0.15, 0.2) is 0 Å². The Hall–Kier alpha value is -1.39. The molecule has 16 heavy (non-hydrogen) atoms. The summed E-state index contributed by atoms with van der Waals surface area (Å²) in [6, 6.07) is 1.70. The summed E-state index contributed by atoms with van der Waals surface area (Å²) in [7, 11) is 0. The van der Waals surface area contributed by atoms with E-state index in [1.165, 1.54) is 6.20 Å². The molecule has 0 saturated carbocycles. The van der Waals surface area contributed by atoms with E-state index in [-0.39, 0.29) is 0 Å². The highest BCUT2D eigenvalue weighted by Crippen LogP contribution is 2.26. The third kappa shape index (κ3) is 2.08. The Morgan fingerprint density at radius 1 is 1.50 bits per heavy atom. The Morgan fingerprint density at radius 2 is 2.31 bits per heavy atom. The SMILES string of the molecule is CCn1cc(C(O)c2ccncc2Cl)cn1. The van der Waals surface area contributed by atoms with Crippen molar-refractivity contribution in [2.75, 3.05) is 0 Å². The van der Waals surface area contributed by atoms with E-state index in [1.54, 1.807) is 29.3 Å². The van der Waals surface area contributed by atoms with Gasteiger partial charge in [0.25, 0.3) is 0 Å². The van der Waals surface area contributed by atoms with E-state index in [1.807, 2.05) is 6.92 Å². The van der Waals surface area contributed by atoms with E-state index in [0.717, 1.165) is 12.1 Å². The van der Waals surface area contributed by atoms with E-state index in [0.29, 0.717) is 10.6 Å². The second kappa shape index (κ2) is 4.63. The highest BCUT2D eigenvalue weighted by Gasteiger charge is 2.15. The van der Waals surface area contributed by atoms with Crippen LogP contribution in [0.15, 0.2) is 30.9 Å². The molecule has 0 aliphatic carbocycles. The van der Waals surface area contributed by atoms with Crippen molar-refractivity contribution in [1.29, 1.82) is 0 Å². The van der Waals surface area contributed by atoms with E-state index >= 15 is 0 Å². The van der Waals surface area contributed by atoms with Gasteiger partial charge < -0.3 is 5.11 Å². The largest absolute Gasteiger partial charge is 0.383 e. The molecule has 2 aromatic heterocycles. The molecule has 1 N–H and O–H groups in total. The van der Waals surface area contributed by atoms with E-state index in [9.17, 15) is 5.11 Å². The molecule has 5 heteroatoms. The van der Waals surface area contributed by atoms with Crippen LogP contribution in [0.1, 0.15) is 24.2 Å². The summed E-state index contributed by atoms with van der Waals surface area (Å²) in [5.74, 6) is 0. The van der Waals surface area contributed by atoms with Crippen molar-refractivity contribution in [3.8, 4) is 0 Å². The quantitative estimate of drug-likeness (QED) is 0.889. The number of aliphatic hydroxyl groups is 1. The highest BCUT2D eigenvalue weighted by molar-refractivity contribution is 6.31. The standard InChI is InChI=1S/C11H12ClN3O/c1-2-15-7-8(5-14-15)11(16)9-3-4-13-6-10(9)12/h3-7,11,16H,2H2,1H3. The summed E-state index contributed by atoms with van der Waals surface area (Å²) >= 11 is 5.96. The van der Waals surface area contributed by atoms with Gasteiger partial charge in [-0.15, -0.1) is 0 Å². The van der Waals surface area contributed by atoms with Crippen LogP contribution in [0.25, 0.3) is 0 Å². The molecule has 0 fully saturated rings. The zero-order valence-corrected chi connectivity index (χ0v) is 9.59. The second-order valence-electron chi connectivity index (χ2n) is 3.43. The van der Waals surface area contributed by atoms with Crippen molar-refractivity contribution in [3.05, 3.63) is 47.0 Å². The predicted octanol–water partition coefficient (Wildman–Crippen LogP) is 2.03. The molecule has 2 aromatic rings. The average molecular weight is 238 g/mol. The Labute approximate surface area is 98.5 Å². The average Bonchev–Trinajstić information content (AvgIpc) is 2.77. The van der Waals surface area contributed by atoms with Gasteiger partial charge in [0.05, 0.1) is 11.2 Å². The lowest BCUT2D eigenvalue weighted by molar-refractivity contribution is 0.220. The molecule has 1 atom stereocenters. The molecule has 0 radical (unpaired) electrons. The lowest BCUT2D eigenvalue weighted by Gasteiger charge is -2.09. The lowest BCUT2D eigenvalue weighted by atomic mass is 10.1. The summed E-state index contributed by atoms with van der Waals surface area (Å²) in [6.45, 7) is 2.76. The number of halogens is 1. The molecule has 0 spiro atoms. The van der Waals surface area contributed by atoms with Crippen LogP contribution in [0.4, 0.5) is 0 Å². The highest BCUT2D eigenvalue weighted by atomic mass is 35.5. The second-order valence-corrected chi connectivity index (χ2v) is 3.84. The predicted molar refractivity (Wildman–Crippen MR) is 61.2 cm³/mol. The third-order valence-electron chi connectivity index (χ3n) is 2.39. The zero-order valence-electron chi connectivity index (χ0n) is 8.84. The van der Waals surface area contributed by atoms with Gasteiger partial charge in [-0.1, -0.05) is 11.6 Å². The number of aromatic nitrogens is 3. The van der Waals surface area contributed by atoms with Crippen molar-refractivity contribution < 1.29 is 5.11 Å². The van der Waals surface area contributed by atoms with Gasteiger partial charge in [-0.05, 0) is 13.0 Å². The molecule has 0 aliphatic heterocycles. The van der Waals surface area contributed by atoms with Crippen LogP contribution >= 0.6 is 11.6 Å². The third-order valence-corrected chi connectivity index (χ3v) is 2.71. The Kier molecular flexibility index (Phi) is 3.22. The fourth-order valence-electron chi connectivity index (χ4n) is 1.48. The smallest absolute Gasteiger partial charge is 0.109 e. The topological polar surface area (TPSA) is 50.9 Å². The fourth-order valence-corrected chi connectivity index (χ4v) is 1.70. The molecule has 0 saturated heterocycles. The Balaban J connectivity index is 2.31. The van der Waals surface area contributed by atoms with Gasteiger partial charge in [0.1, 0.15) is 6.10 Å². The molecule has 84 valence electrons. The van der Waals surface area contributed by atoms with Gasteiger partial charge in [0.2, 0.25) is 0 Å². The number of aryl methyl sites for hydroxylation is 1. The van der Waals surface area contributed by atoms with Crippen molar-refractivity contribution >= 4 is 11.6 Å². The fraction of sp³-hybridized carbons (Fsp3) is 0.273. The molecular weight excluding hydrogens is 226 g/mol. The minimum Gasteiger partial charge on any atom is -0.383 e. The first kappa shape index (κ1) is 11.1. The van der Waals surface area contributed by atoms with Gasteiger partial charge in [-0.2, -0.15) is 5.10 Å². The molecule has 0 amide bonds. The Morgan fingerprint density at radius 3 is 2.94 bits per heavy atom. The van der Waals surface area contributed by atoms with Gasteiger partial charge in [-0.25, -0.2) is 0 Å². The number of hydrogen-bond donors (Lipinski definition) is 1. The minimum atomic E-state index is -0.754. The molecule has 0 bridgehead atoms. The van der Waals surface area contributed by atoms with Crippen LogP contribution in [0.3, 0.4) is 0 Å². The first-order chi connectivity index (χ1) is 7.72. The molecule has 0 aliphatic rings.